The quantitative estimate of drug-likeness (QED) is 0.680. The number of amides is 1. The zero-order valence-electron chi connectivity index (χ0n) is 12.3. The molecule has 3 rings (SSSR count). The van der Waals surface area contributed by atoms with Crippen LogP contribution in [0.25, 0.3) is 10.9 Å². The summed E-state index contributed by atoms with van der Waals surface area (Å²) >= 11 is 11.7. The Kier molecular flexibility index (Phi) is 4.74. The maximum Gasteiger partial charge on any atom is 0.355 e. The van der Waals surface area contributed by atoms with Crippen molar-refractivity contribution in [3.8, 4) is 0 Å². The van der Waals surface area contributed by atoms with Crippen LogP contribution in [0.4, 0.5) is 5.69 Å². The van der Waals surface area contributed by atoms with E-state index >= 15 is 0 Å². The van der Waals surface area contributed by atoms with Crippen molar-refractivity contribution in [3.05, 3.63) is 64.3 Å². The standard InChI is InChI=1S/C17H12Cl2N2O3/c18-11-6-12(19)8-13(7-11)20-16(22)9-24-17(23)15-5-10-3-1-2-4-14(10)21-15/h1-8,21H,9H2,(H,20,22). The lowest BCUT2D eigenvalue weighted by Gasteiger charge is -2.07. The number of esters is 1. The van der Waals surface area contributed by atoms with Gasteiger partial charge in [0.25, 0.3) is 5.91 Å². The van der Waals surface area contributed by atoms with Crippen molar-refractivity contribution in [1.29, 1.82) is 0 Å². The highest BCUT2D eigenvalue weighted by atomic mass is 35.5. The van der Waals surface area contributed by atoms with Crippen LogP contribution in [-0.4, -0.2) is 23.5 Å². The molecule has 0 fully saturated rings. The summed E-state index contributed by atoms with van der Waals surface area (Å²) in [5.74, 6) is -1.09. The predicted octanol–water partition coefficient (Wildman–Crippen LogP) is 4.27. The van der Waals surface area contributed by atoms with Crippen molar-refractivity contribution in [3.63, 3.8) is 0 Å². The highest BCUT2D eigenvalue weighted by molar-refractivity contribution is 6.35. The Morgan fingerprint density at radius 3 is 2.46 bits per heavy atom. The number of fused-ring (bicyclic) bond motifs is 1. The SMILES string of the molecule is O=C(COC(=O)c1cc2ccccc2[nH]1)Nc1cc(Cl)cc(Cl)c1. The molecule has 5 nitrogen and oxygen atoms in total. The summed E-state index contributed by atoms with van der Waals surface area (Å²) in [5, 5.41) is 4.25. The number of halogens is 2. The molecule has 1 heterocycles. The third-order valence-corrected chi connectivity index (χ3v) is 3.67. The third kappa shape index (κ3) is 3.88. The van der Waals surface area contributed by atoms with E-state index in [0.717, 1.165) is 10.9 Å². The Morgan fingerprint density at radius 1 is 1.04 bits per heavy atom. The minimum absolute atomic E-state index is 0.287. The number of hydrogen-bond donors (Lipinski definition) is 2. The fourth-order valence-corrected chi connectivity index (χ4v) is 2.74. The number of rotatable bonds is 4. The number of aromatic amines is 1. The molecule has 1 aromatic heterocycles. The zero-order valence-corrected chi connectivity index (χ0v) is 13.8. The molecule has 0 radical (unpaired) electrons. The van der Waals surface area contributed by atoms with Gasteiger partial charge in [-0.3, -0.25) is 4.79 Å². The van der Waals surface area contributed by atoms with Crippen LogP contribution in [0.15, 0.2) is 48.5 Å². The first-order valence-electron chi connectivity index (χ1n) is 7.02. The summed E-state index contributed by atoms with van der Waals surface area (Å²) in [6, 6.07) is 13.8. The molecule has 1 amide bonds. The van der Waals surface area contributed by atoms with E-state index in [4.69, 9.17) is 27.9 Å². The minimum Gasteiger partial charge on any atom is -0.451 e. The maximum absolute atomic E-state index is 12.0. The summed E-state index contributed by atoms with van der Waals surface area (Å²) in [4.78, 5) is 26.8. The monoisotopic (exact) mass is 362 g/mol. The van der Waals surface area contributed by atoms with Gasteiger partial charge >= 0.3 is 5.97 Å². The van der Waals surface area contributed by atoms with Gasteiger partial charge in [-0.1, -0.05) is 41.4 Å². The van der Waals surface area contributed by atoms with Gasteiger partial charge in [-0.2, -0.15) is 0 Å². The van der Waals surface area contributed by atoms with E-state index in [-0.39, 0.29) is 5.69 Å². The minimum atomic E-state index is -0.606. The molecule has 2 N–H and O–H groups in total. The van der Waals surface area contributed by atoms with Gasteiger partial charge in [-0.25, -0.2) is 4.79 Å². The Labute approximate surface area is 147 Å². The largest absolute Gasteiger partial charge is 0.451 e. The van der Waals surface area contributed by atoms with Gasteiger partial charge in [0.1, 0.15) is 5.69 Å². The fraction of sp³-hybridized carbons (Fsp3) is 0.0588. The van der Waals surface area contributed by atoms with Crippen LogP contribution < -0.4 is 5.32 Å². The van der Waals surface area contributed by atoms with Crippen LogP contribution >= 0.6 is 23.2 Å². The van der Waals surface area contributed by atoms with Gasteiger partial charge in [0.05, 0.1) is 0 Å². The van der Waals surface area contributed by atoms with E-state index in [1.165, 1.54) is 0 Å². The molecule has 7 heteroatoms. The zero-order chi connectivity index (χ0) is 17.1. The number of hydrogen-bond acceptors (Lipinski definition) is 3. The van der Waals surface area contributed by atoms with Crippen molar-refractivity contribution in [1.82, 2.24) is 4.98 Å². The van der Waals surface area contributed by atoms with Gasteiger partial charge in [0.15, 0.2) is 6.61 Å². The van der Waals surface area contributed by atoms with Crippen LogP contribution in [-0.2, 0) is 9.53 Å². The molecular formula is C17H12Cl2N2O3. The fourth-order valence-electron chi connectivity index (χ4n) is 2.22. The molecule has 0 aliphatic rings. The molecule has 3 aromatic rings. The lowest BCUT2D eigenvalue weighted by molar-refractivity contribution is -0.119. The number of anilines is 1. The third-order valence-electron chi connectivity index (χ3n) is 3.23. The average molecular weight is 363 g/mol. The predicted molar refractivity (Wildman–Crippen MR) is 93.7 cm³/mol. The topological polar surface area (TPSA) is 71.2 Å². The summed E-state index contributed by atoms with van der Waals surface area (Å²) in [6.07, 6.45) is 0. The number of benzene rings is 2. The van der Waals surface area contributed by atoms with E-state index in [2.05, 4.69) is 10.3 Å². The van der Waals surface area contributed by atoms with Crippen molar-refractivity contribution < 1.29 is 14.3 Å². The maximum atomic E-state index is 12.0. The molecule has 0 atom stereocenters. The highest BCUT2D eigenvalue weighted by Crippen LogP contribution is 2.22. The van der Waals surface area contributed by atoms with Gasteiger partial charge in [0.2, 0.25) is 0 Å². The first kappa shape index (κ1) is 16.4. The Bertz CT molecular complexity index is 868. The van der Waals surface area contributed by atoms with Crippen LogP contribution in [0.2, 0.25) is 10.0 Å². The van der Waals surface area contributed by atoms with Crippen molar-refractivity contribution in [2.24, 2.45) is 0 Å². The van der Waals surface area contributed by atoms with E-state index < -0.39 is 18.5 Å². The second kappa shape index (κ2) is 6.95. The Hall–Kier alpha value is -2.50. The Morgan fingerprint density at radius 2 is 1.75 bits per heavy atom. The van der Waals surface area contributed by atoms with Gasteiger partial charge < -0.3 is 15.0 Å². The van der Waals surface area contributed by atoms with Crippen LogP contribution in [0, 0.1) is 0 Å². The van der Waals surface area contributed by atoms with Gasteiger partial charge in [0, 0.05) is 26.6 Å². The lowest BCUT2D eigenvalue weighted by Crippen LogP contribution is -2.21. The molecule has 0 saturated carbocycles. The molecule has 0 aliphatic heterocycles. The molecule has 0 bridgehead atoms. The number of carbonyl (C=O) groups excluding carboxylic acids is 2. The van der Waals surface area contributed by atoms with E-state index in [9.17, 15) is 9.59 Å². The summed E-state index contributed by atoms with van der Waals surface area (Å²) in [5.41, 5.74) is 1.54. The van der Waals surface area contributed by atoms with E-state index in [1.54, 1.807) is 24.3 Å². The lowest BCUT2D eigenvalue weighted by atomic mass is 10.2. The van der Waals surface area contributed by atoms with Crippen molar-refractivity contribution in [2.75, 3.05) is 11.9 Å². The molecule has 122 valence electrons. The number of H-pyrrole nitrogens is 1. The average Bonchev–Trinajstić information content (AvgIpc) is 2.95. The van der Waals surface area contributed by atoms with Crippen molar-refractivity contribution >= 4 is 51.7 Å². The number of nitrogens with one attached hydrogen (secondary N) is 2. The molecule has 24 heavy (non-hydrogen) atoms. The highest BCUT2D eigenvalue weighted by Gasteiger charge is 2.13. The second-order valence-electron chi connectivity index (χ2n) is 5.05. The number of ether oxygens (including phenoxy) is 1. The summed E-state index contributed by atoms with van der Waals surface area (Å²) < 4.78 is 5.00. The van der Waals surface area contributed by atoms with Crippen LogP contribution in [0.5, 0.6) is 0 Å². The number of carbonyl (C=O) groups is 2. The Balaban J connectivity index is 1.60. The number of para-hydroxylation sites is 1. The smallest absolute Gasteiger partial charge is 0.355 e. The normalized spacial score (nSPS) is 10.6. The van der Waals surface area contributed by atoms with Crippen LogP contribution in [0.1, 0.15) is 10.5 Å². The van der Waals surface area contributed by atoms with E-state index in [1.807, 2.05) is 24.3 Å². The second-order valence-corrected chi connectivity index (χ2v) is 5.93. The molecule has 0 unspecified atom stereocenters. The first-order valence-corrected chi connectivity index (χ1v) is 7.78. The van der Waals surface area contributed by atoms with E-state index in [0.29, 0.717) is 15.7 Å². The molecule has 2 aromatic carbocycles. The molecular weight excluding hydrogens is 351 g/mol. The van der Waals surface area contributed by atoms with Crippen LogP contribution in [0.3, 0.4) is 0 Å². The van der Waals surface area contributed by atoms with Gasteiger partial charge in [-0.05, 0) is 30.3 Å². The molecule has 0 saturated heterocycles. The van der Waals surface area contributed by atoms with Gasteiger partial charge in [-0.15, -0.1) is 0 Å². The van der Waals surface area contributed by atoms with Crippen molar-refractivity contribution in [2.45, 2.75) is 0 Å². The first-order chi connectivity index (χ1) is 11.5. The number of aromatic nitrogens is 1. The summed E-state index contributed by atoms with van der Waals surface area (Å²) in [7, 11) is 0. The molecule has 0 aliphatic carbocycles. The molecule has 0 spiro atoms. The summed E-state index contributed by atoms with van der Waals surface area (Å²) in [6.45, 7) is -0.418.